The zero-order valence-electron chi connectivity index (χ0n) is 20.6. The second-order valence-electron chi connectivity index (χ2n) is 8.76. The Morgan fingerprint density at radius 2 is 1.59 bits per heavy atom. The first-order valence-corrected chi connectivity index (χ1v) is 10.9. The summed E-state index contributed by atoms with van der Waals surface area (Å²) < 4.78 is 44.2. The van der Waals surface area contributed by atoms with E-state index in [0.29, 0.717) is 23.1 Å². The quantitative estimate of drug-likeness (QED) is 0.247. The fourth-order valence-corrected chi connectivity index (χ4v) is 3.22. The van der Waals surface area contributed by atoms with Gasteiger partial charge in [0.25, 0.3) is 5.92 Å². The summed E-state index contributed by atoms with van der Waals surface area (Å²) in [5.41, 5.74) is 1.21. The van der Waals surface area contributed by atoms with E-state index in [1.165, 1.54) is 40.7 Å². The van der Waals surface area contributed by atoms with Crippen LogP contribution in [0.3, 0.4) is 0 Å². The highest BCUT2D eigenvalue weighted by Crippen LogP contribution is 2.32. The molecule has 0 bridgehead atoms. The molecule has 3 N–H and O–H groups in total. The van der Waals surface area contributed by atoms with Crippen LogP contribution in [0.5, 0.6) is 0 Å². The zero-order valence-corrected chi connectivity index (χ0v) is 20.6. The highest BCUT2D eigenvalue weighted by atomic mass is 19.3. The number of ketones is 1. The maximum absolute atomic E-state index is 14.4. The van der Waals surface area contributed by atoms with Crippen LogP contribution in [-0.4, -0.2) is 34.2 Å². The number of hydrogen-bond donors (Lipinski definition) is 3. The summed E-state index contributed by atoms with van der Waals surface area (Å²) in [6.45, 7) is 9.71. The molecular formula is C26H33F3N2O3. The zero-order chi connectivity index (χ0) is 26.4. The summed E-state index contributed by atoms with van der Waals surface area (Å²) in [5.74, 6) is -4.68. The van der Waals surface area contributed by atoms with E-state index >= 15 is 0 Å². The number of ether oxygens (including phenoxy) is 1. The molecule has 0 saturated heterocycles. The Morgan fingerprint density at radius 3 is 1.94 bits per heavy atom. The fraction of sp³-hybridized carbons (Fsp3) is 0.423. The van der Waals surface area contributed by atoms with Gasteiger partial charge >= 0.3 is 0 Å². The molecule has 0 aliphatic rings. The number of hydrogen-bond acceptors (Lipinski definition) is 5. The summed E-state index contributed by atoms with van der Waals surface area (Å²) in [5, 5.41) is 24.2. The van der Waals surface area contributed by atoms with Crippen LogP contribution in [0.4, 0.5) is 13.2 Å². The van der Waals surface area contributed by atoms with Crippen molar-refractivity contribution in [3.05, 3.63) is 58.9 Å². The van der Waals surface area contributed by atoms with Crippen LogP contribution in [-0.2, 0) is 11.2 Å². The lowest BCUT2D eigenvalue weighted by atomic mass is 9.88. The topological polar surface area (TPSA) is 94.2 Å². The van der Waals surface area contributed by atoms with E-state index in [1.807, 2.05) is 6.92 Å². The molecule has 0 heterocycles. The van der Waals surface area contributed by atoms with Gasteiger partial charge in [-0.25, -0.2) is 13.2 Å². The van der Waals surface area contributed by atoms with Gasteiger partial charge in [0.15, 0.2) is 11.7 Å². The van der Waals surface area contributed by atoms with E-state index in [0.717, 1.165) is 12.5 Å². The minimum absolute atomic E-state index is 0.0790. The van der Waals surface area contributed by atoms with Crippen molar-refractivity contribution in [2.24, 2.45) is 5.92 Å². The molecule has 1 unspecified atom stereocenters. The molecule has 186 valence electrons. The molecule has 0 radical (unpaired) electrons. The molecule has 0 aromatic heterocycles. The standard InChI is InChI=1S/C19H19FN2O2.C7H14F2O/c1-4-13-9-10-16(20)18(17(13)11(2)23)14-5-7-15(8-6-14)19(22)24-12(3)21;1-5(6(2,3)10)7(4,8)9/h5-10,21-22H,4H2,1-3H3;5,10H,1-4H3. The maximum Gasteiger partial charge on any atom is 0.250 e. The number of carbonyl (C=O) groups excluding carboxylic acids is 1. The first-order valence-electron chi connectivity index (χ1n) is 10.9. The summed E-state index contributed by atoms with van der Waals surface area (Å²) >= 11 is 0. The average Bonchev–Trinajstić information content (AvgIpc) is 2.71. The second kappa shape index (κ2) is 11.4. The Morgan fingerprint density at radius 1 is 1.06 bits per heavy atom. The summed E-state index contributed by atoms with van der Waals surface area (Å²) in [7, 11) is 0. The molecule has 0 aliphatic heterocycles. The fourth-order valence-electron chi connectivity index (χ4n) is 3.22. The number of alkyl halides is 2. The third-order valence-corrected chi connectivity index (χ3v) is 5.48. The smallest absolute Gasteiger partial charge is 0.250 e. The van der Waals surface area contributed by atoms with Crippen molar-refractivity contribution in [2.45, 2.75) is 66.4 Å². The van der Waals surface area contributed by atoms with Crippen LogP contribution >= 0.6 is 0 Å². The average molecular weight is 479 g/mol. The largest absolute Gasteiger partial charge is 0.426 e. The number of halogens is 3. The first kappa shape index (κ1) is 29.0. The number of aryl methyl sites for hydroxylation is 1. The van der Waals surface area contributed by atoms with Gasteiger partial charge in [-0.15, -0.1) is 0 Å². The molecule has 0 amide bonds. The molecule has 34 heavy (non-hydrogen) atoms. The van der Waals surface area contributed by atoms with Gasteiger partial charge in [-0.3, -0.25) is 15.6 Å². The maximum atomic E-state index is 14.4. The van der Waals surface area contributed by atoms with Gasteiger partial charge in [0.1, 0.15) is 5.82 Å². The van der Waals surface area contributed by atoms with Crippen LogP contribution in [0.15, 0.2) is 36.4 Å². The molecule has 2 rings (SSSR count). The highest BCUT2D eigenvalue weighted by molar-refractivity contribution is 6.03. The van der Waals surface area contributed by atoms with Crippen LogP contribution in [0.1, 0.15) is 70.0 Å². The van der Waals surface area contributed by atoms with E-state index in [9.17, 15) is 18.0 Å². The van der Waals surface area contributed by atoms with Crippen LogP contribution < -0.4 is 0 Å². The second-order valence-corrected chi connectivity index (χ2v) is 8.76. The van der Waals surface area contributed by atoms with Gasteiger partial charge in [-0.1, -0.05) is 32.0 Å². The van der Waals surface area contributed by atoms with Gasteiger partial charge in [-0.05, 0) is 63.4 Å². The van der Waals surface area contributed by atoms with Crippen molar-refractivity contribution in [3.8, 4) is 11.1 Å². The molecule has 0 spiro atoms. The summed E-state index contributed by atoms with van der Waals surface area (Å²) in [6, 6.07) is 9.54. The Bertz CT molecular complexity index is 1020. The normalized spacial score (nSPS) is 12.3. The van der Waals surface area contributed by atoms with Crippen molar-refractivity contribution in [3.63, 3.8) is 0 Å². The lowest BCUT2D eigenvalue weighted by molar-refractivity contribution is -0.116. The lowest BCUT2D eigenvalue weighted by Crippen LogP contribution is -2.39. The number of Topliss-reactive ketones (excluding diaryl/α,β-unsaturated/α-hetero) is 1. The van der Waals surface area contributed by atoms with Gasteiger partial charge in [0.05, 0.1) is 5.60 Å². The van der Waals surface area contributed by atoms with Crippen molar-refractivity contribution >= 4 is 17.6 Å². The SMILES string of the molecule is CC(C(C)(C)O)C(C)(F)F.CCc1ccc(F)c(-c2ccc(C(=N)OC(C)=N)cc2)c1C(C)=O. The predicted molar refractivity (Wildman–Crippen MR) is 129 cm³/mol. The third kappa shape index (κ3) is 7.80. The Kier molecular flexibility index (Phi) is 9.75. The number of rotatable bonds is 6. The van der Waals surface area contributed by atoms with Crippen molar-refractivity contribution in [1.82, 2.24) is 0 Å². The molecule has 0 saturated carbocycles. The lowest BCUT2D eigenvalue weighted by Gasteiger charge is -2.30. The van der Waals surface area contributed by atoms with E-state index in [1.54, 1.807) is 30.3 Å². The number of nitrogens with one attached hydrogen (secondary N) is 2. The van der Waals surface area contributed by atoms with Crippen molar-refractivity contribution < 1.29 is 27.8 Å². The van der Waals surface area contributed by atoms with Gasteiger partial charge < -0.3 is 9.84 Å². The molecule has 8 heteroatoms. The van der Waals surface area contributed by atoms with Crippen molar-refractivity contribution in [1.29, 1.82) is 10.8 Å². The Hall–Kier alpha value is -3.00. The molecule has 1 atom stereocenters. The van der Waals surface area contributed by atoms with E-state index < -0.39 is 23.3 Å². The number of carbonyl (C=O) groups is 1. The van der Waals surface area contributed by atoms with Crippen LogP contribution in [0, 0.1) is 22.6 Å². The molecule has 5 nitrogen and oxygen atoms in total. The molecule has 0 aliphatic carbocycles. The van der Waals surface area contributed by atoms with Gasteiger partial charge in [-0.2, -0.15) is 0 Å². The van der Waals surface area contributed by atoms with Crippen LogP contribution in [0.25, 0.3) is 11.1 Å². The van der Waals surface area contributed by atoms with E-state index in [-0.39, 0.29) is 23.1 Å². The van der Waals surface area contributed by atoms with E-state index in [2.05, 4.69) is 0 Å². The van der Waals surface area contributed by atoms with E-state index in [4.69, 9.17) is 20.7 Å². The molecule has 0 fully saturated rings. The summed E-state index contributed by atoms with van der Waals surface area (Å²) in [6.07, 6.45) is 0.636. The predicted octanol–water partition coefficient (Wildman–Crippen LogP) is 6.65. The minimum Gasteiger partial charge on any atom is -0.426 e. The van der Waals surface area contributed by atoms with Gasteiger partial charge in [0, 0.05) is 29.5 Å². The monoisotopic (exact) mass is 478 g/mol. The van der Waals surface area contributed by atoms with Crippen LogP contribution in [0.2, 0.25) is 0 Å². The third-order valence-electron chi connectivity index (χ3n) is 5.48. The summed E-state index contributed by atoms with van der Waals surface area (Å²) in [4.78, 5) is 12.0. The Balaban J connectivity index is 0.000000489. The molecule has 2 aromatic rings. The number of aliphatic hydroxyl groups is 1. The minimum atomic E-state index is -2.81. The number of benzene rings is 2. The molecule has 2 aromatic carbocycles. The van der Waals surface area contributed by atoms with Crippen molar-refractivity contribution in [2.75, 3.05) is 0 Å². The highest BCUT2D eigenvalue weighted by Gasteiger charge is 2.39. The molecular weight excluding hydrogens is 445 g/mol. The Labute approximate surface area is 199 Å². The van der Waals surface area contributed by atoms with Gasteiger partial charge in [0.2, 0.25) is 5.90 Å². The first-order chi connectivity index (χ1) is 15.5.